The fourth-order valence-corrected chi connectivity index (χ4v) is 3.97. The molecule has 2 rings (SSSR count). The molecule has 2 unspecified atom stereocenters. The van der Waals surface area contributed by atoms with Crippen molar-refractivity contribution in [2.24, 2.45) is 0 Å². The minimum Gasteiger partial charge on any atom is -0.390 e. The molecule has 1 saturated heterocycles. The van der Waals surface area contributed by atoms with Gasteiger partial charge in [0.1, 0.15) is 0 Å². The van der Waals surface area contributed by atoms with Crippen molar-refractivity contribution >= 4 is 17.5 Å². The molecule has 0 bridgehead atoms. The lowest BCUT2D eigenvalue weighted by Gasteiger charge is -2.38. The van der Waals surface area contributed by atoms with Crippen molar-refractivity contribution in [1.29, 1.82) is 0 Å². The van der Waals surface area contributed by atoms with Crippen LogP contribution in [0.4, 0.5) is 0 Å². The summed E-state index contributed by atoms with van der Waals surface area (Å²) in [5, 5.41) is 11.6. The molecule has 1 heterocycles. The summed E-state index contributed by atoms with van der Waals surface area (Å²) in [4.78, 5) is 16.6. The molecule has 4 nitrogen and oxygen atoms in total. The number of carbonyl (C=O) groups excluding carboxylic acids is 1. The summed E-state index contributed by atoms with van der Waals surface area (Å²) >= 11 is 6.27. The van der Waals surface area contributed by atoms with Crippen LogP contribution in [0, 0.1) is 0 Å². The van der Waals surface area contributed by atoms with E-state index in [0.29, 0.717) is 43.0 Å². The summed E-state index contributed by atoms with van der Waals surface area (Å²) in [5.41, 5.74) is 0.933. The largest absolute Gasteiger partial charge is 0.390 e. The number of amides is 1. The Morgan fingerprint density at radius 1 is 1.23 bits per heavy atom. The molecule has 1 N–H and O–H groups in total. The van der Waals surface area contributed by atoms with Gasteiger partial charge < -0.3 is 10.0 Å². The Kier molecular flexibility index (Phi) is 7.93. The second-order valence-corrected chi connectivity index (χ2v) is 7.90. The van der Waals surface area contributed by atoms with Crippen LogP contribution in [-0.4, -0.2) is 51.6 Å². The van der Waals surface area contributed by atoms with Gasteiger partial charge in [-0.15, -0.1) is 0 Å². The number of benzene rings is 1. The Morgan fingerprint density at radius 2 is 1.85 bits per heavy atom. The minimum atomic E-state index is -0.549. The fourth-order valence-electron chi connectivity index (χ4n) is 3.77. The van der Waals surface area contributed by atoms with Gasteiger partial charge in [0.05, 0.1) is 12.1 Å². The Hall–Kier alpha value is -1.10. The number of halogens is 1. The van der Waals surface area contributed by atoms with Gasteiger partial charge >= 0.3 is 0 Å². The van der Waals surface area contributed by atoms with E-state index in [1.807, 2.05) is 29.2 Å². The van der Waals surface area contributed by atoms with E-state index in [0.717, 1.165) is 18.4 Å². The maximum Gasteiger partial charge on any atom is 0.223 e. The molecule has 0 aliphatic carbocycles. The fraction of sp³-hybridized carbons (Fsp3) is 0.667. The highest BCUT2D eigenvalue weighted by molar-refractivity contribution is 6.31. The van der Waals surface area contributed by atoms with Crippen LogP contribution in [0.1, 0.15) is 58.9 Å². The predicted octanol–water partition coefficient (Wildman–Crippen LogP) is 4.09. The summed E-state index contributed by atoms with van der Waals surface area (Å²) in [6.07, 6.45) is 2.75. The summed E-state index contributed by atoms with van der Waals surface area (Å²) in [7, 11) is 0. The van der Waals surface area contributed by atoms with Crippen LogP contribution in [0.2, 0.25) is 5.02 Å². The van der Waals surface area contributed by atoms with Crippen LogP contribution in [-0.2, 0) is 11.3 Å². The van der Waals surface area contributed by atoms with Crippen LogP contribution in [0.15, 0.2) is 24.3 Å². The number of rotatable bonds is 9. The summed E-state index contributed by atoms with van der Waals surface area (Å²) in [5.74, 6) is 0.104. The van der Waals surface area contributed by atoms with Crippen LogP contribution in [0.25, 0.3) is 0 Å². The van der Waals surface area contributed by atoms with Gasteiger partial charge in [-0.3, -0.25) is 9.69 Å². The van der Waals surface area contributed by atoms with Crippen LogP contribution in [0.3, 0.4) is 0 Å². The van der Waals surface area contributed by atoms with Crippen LogP contribution < -0.4 is 0 Å². The molecule has 1 aromatic rings. The second kappa shape index (κ2) is 9.72. The average molecular weight is 381 g/mol. The molecule has 4 atom stereocenters. The highest BCUT2D eigenvalue weighted by Crippen LogP contribution is 2.27. The van der Waals surface area contributed by atoms with Crippen molar-refractivity contribution in [3.8, 4) is 0 Å². The number of hydrogen-bond acceptors (Lipinski definition) is 3. The third-order valence-corrected chi connectivity index (χ3v) is 6.20. The molecule has 1 aromatic carbocycles. The van der Waals surface area contributed by atoms with E-state index in [4.69, 9.17) is 11.6 Å². The summed E-state index contributed by atoms with van der Waals surface area (Å²) in [6, 6.07) is 8.29. The lowest BCUT2D eigenvalue weighted by Crippen LogP contribution is -2.50. The maximum absolute atomic E-state index is 12.4. The molecule has 1 amide bonds. The van der Waals surface area contributed by atoms with E-state index < -0.39 is 6.10 Å². The third kappa shape index (κ3) is 4.99. The van der Waals surface area contributed by atoms with Crippen LogP contribution in [0.5, 0.6) is 0 Å². The van der Waals surface area contributed by atoms with Crippen molar-refractivity contribution in [3.05, 3.63) is 34.9 Å². The van der Waals surface area contributed by atoms with E-state index in [9.17, 15) is 9.90 Å². The predicted molar refractivity (Wildman–Crippen MR) is 107 cm³/mol. The first-order valence-electron chi connectivity index (χ1n) is 9.85. The first-order valence-corrected chi connectivity index (χ1v) is 10.2. The molecule has 1 fully saturated rings. The Bertz CT molecular complexity index is 585. The van der Waals surface area contributed by atoms with Crippen molar-refractivity contribution in [1.82, 2.24) is 9.80 Å². The topological polar surface area (TPSA) is 43.8 Å². The van der Waals surface area contributed by atoms with Gasteiger partial charge in [-0.1, -0.05) is 43.6 Å². The molecule has 5 heteroatoms. The number of hydrogen-bond donors (Lipinski definition) is 1. The molecule has 0 saturated carbocycles. The van der Waals surface area contributed by atoms with Gasteiger partial charge in [0.15, 0.2) is 0 Å². The molecule has 1 aliphatic rings. The number of likely N-dealkylation sites (tertiary alicyclic amines) is 1. The molecule has 146 valence electrons. The molecule has 0 aromatic heterocycles. The first-order chi connectivity index (χ1) is 12.4. The Morgan fingerprint density at radius 3 is 2.42 bits per heavy atom. The van der Waals surface area contributed by atoms with Crippen molar-refractivity contribution in [3.63, 3.8) is 0 Å². The zero-order valence-electron chi connectivity index (χ0n) is 16.5. The highest BCUT2D eigenvalue weighted by Gasteiger charge is 2.37. The van der Waals surface area contributed by atoms with E-state index in [-0.39, 0.29) is 11.9 Å². The smallest absolute Gasteiger partial charge is 0.223 e. The molecule has 0 spiro atoms. The summed E-state index contributed by atoms with van der Waals surface area (Å²) in [6.45, 7) is 9.83. The number of aliphatic hydroxyl groups is 1. The molecule has 26 heavy (non-hydrogen) atoms. The SMILES string of the molecule is CCC(C)N(C[C@H](O)[C@@H]1CCC(=O)N1Cc1ccccc1Cl)C(C)CC. The Labute approximate surface area is 163 Å². The monoisotopic (exact) mass is 380 g/mol. The standard InChI is InChI=1S/C21H33ClN2O2/c1-5-15(3)23(16(4)6-2)14-20(25)19-11-12-21(26)24(19)13-17-9-7-8-10-18(17)22/h7-10,15-16,19-20,25H,5-6,11-14H2,1-4H3/t15?,16?,19-,20-/m0/s1. The first kappa shape index (κ1) is 21.2. The minimum absolute atomic E-state index is 0.104. The molecule has 1 aliphatic heterocycles. The number of nitrogens with zero attached hydrogens (tertiary/aromatic N) is 2. The van der Waals surface area contributed by atoms with Gasteiger partial charge in [0, 0.05) is 36.6 Å². The third-order valence-electron chi connectivity index (χ3n) is 5.83. The van der Waals surface area contributed by atoms with Crippen LogP contribution >= 0.6 is 11.6 Å². The zero-order valence-corrected chi connectivity index (χ0v) is 17.2. The lowest BCUT2D eigenvalue weighted by molar-refractivity contribution is -0.131. The van der Waals surface area contributed by atoms with E-state index in [1.54, 1.807) is 0 Å². The second-order valence-electron chi connectivity index (χ2n) is 7.50. The van der Waals surface area contributed by atoms with E-state index in [1.165, 1.54) is 0 Å². The highest BCUT2D eigenvalue weighted by atomic mass is 35.5. The van der Waals surface area contributed by atoms with Crippen molar-refractivity contribution < 1.29 is 9.90 Å². The van der Waals surface area contributed by atoms with Gasteiger partial charge in [0.2, 0.25) is 5.91 Å². The quantitative estimate of drug-likeness (QED) is 0.701. The Balaban J connectivity index is 2.11. The number of carbonyl (C=O) groups is 1. The number of aliphatic hydroxyl groups excluding tert-OH is 1. The molecule has 0 radical (unpaired) electrons. The summed E-state index contributed by atoms with van der Waals surface area (Å²) < 4.78 is 0. The van der Waals surface area contributed by atoms with Gasteiger partial charge in [-0.25, -0.2) is 0 Å². The lowest BCUT2D eigenvalue weighted by atomic mass is 10.0. The van der Waals surface area contributed by atoms with Crippen molar-refractivity contribution in [2.45, 2.75) is 84.2 Å². The van der Waals surface area contributed by atoms with Gasteiger partial charge in [0.25, 0.3) is 0 Å². The normalized spacial score (nSPS) is 21.3. The average Bonchev–Trinajstić information content (AvgIpc) is 3.00. The van der Waals surface area contributed by atoms with Gasteiger partial charge in [-0.2, -0.15) is 0 Å². The van der Waals surface area contributed by atoms with Gasteiger partial charge in [-0.05, 0) is 44.7 Å². The molecular weight excluding hydrogens is 348 g/mol. The zero-order chi connectivity index (χ0) is 19.3. The van der Waals surface area contributed by atoms with E-state index >= 15 is 0 Å². The van der Waals surface area contributed by atoms with Crippen molar-refractivity contribution in [2.75, 3.05) is 6.54 Å². The molecular formula is C21H33ClN2O2. The van der Waals surface area contributed by atoms with E-state index in [2.05, 4.69) is 32.6 Å². The maximum atomic E-state index is 12.4.